The zero-order chi connectivity index (χ0) is 27.7. The molecule has 4 nitrogen and oxygen atoms in total. The molecule has 0 unspecified atom stereocenters. The van der Waals surface area contributed by atoms with Gasteiger partial charge in [0.15, 0.2) is 0 Å². The maximum atomic E-state index is 13.9. The fraction of sp³-hybridized carbons (Fsp3) is 0.152. The summed E-state index contributed by atoms with van der Waals surface area (Å²) in [5.74, 6) is 0.573. The van der Waals surface area contributed by atoms with Crippen molar-refractivity contribution in [2.45, 2.75) is 34.3 Å². The predicted molar refractivity (Wildman–Crippen MR) is 164 cm³/mol. The van der Waals surface area contributed by atoms with Crippen LogP contribution in [0.3, 0.4) is 0 Å². The Balaban J connectivity index is 1.55. The molecule has 5 rings (SSSR count). The summed E-state index contributed by atoms with van der Waals surface area (Å²) >= 11 is 9.79. The number of aromatic nitrogens is 1. The second kappa shape index (κ2) is 11.2. The Morgan fingerprint density at radius 2 is 1.64 bits per heavy atom. The number of aryl methyl sites for hydroxylation is 3. The molecule has 5 aromatic rings. The SMILES string of the molecule is Cc1cc(C)c2nc(-c3ccc(OCc4ccccc4)cc3)c(C)c(C(=O)Nc3cc(Cl)c(Br)cc3C)c2c1. The Hall–Kier alpha value is -3.67. The van der Waals surface area contributed by atoms with Crippen LogP contribution in [0.1, 0.15) is 38.2 Å². The topological polar surface area (TPSA) is 51.2 Å². The van der Waals surface area contributed by atoms with E-state index in [1.807, 2.05) is 94.4 Å². The zero-order valence-corrected chi connectivity index (χ0v) is 24.6. The summed E-state index contributed by atoms with van der Waals surface area (Å²) in [5.41, 5.74) is 8.68. The molecule has 6 heteroatoms. The van der Waals surface area contributed by atoms with E-state index in [1.54, 1.807) is 6.07 Å². The highest BCUT2D eigenvalue weighted by molar-refractivity contribution is 9.10. The molecule has 0 saturated heterocycles. The standard InChI is InChI=1S/C33H28BrClN2O2/c1-19-14-21(3)31-26(15-19)30(33(38)36-29-17-28(35)27(34)16-20(29)2)22(4)32(37-31)24-10-12-25(13-11-24)39-18-23-8-6-5-7-9-23/h5-17H,18H2,1-4H3,(H,36,38). The molecule has 4 aromatic carbocycles. The van der Waals surface area contributed by atoms with Gasteiger partial charge in [-0.1, -0.05) is 53.6 Å². The molecule has 0 aliphatic rings. The summed E-state index contributed by atoms with van der Waals surface area (Å²) in [6.45, 7) is 8.45. The van der Waals surface area contributed by atoms with Gasteiger partial charge >= 0.3 is 0 Å². The highest BCUT2D eigenvalue weighted by Gasteiger charge is 2.21. The number of nitrogens with one attached hydrogen (secondary N) is 1. The number of hydrogen-bond donors (Lipinski definition) is 1. The third-order valence-corrected chi connectivity index (χ3v) is 7.98. The first kappa shape index (κ1) is 26.9. The van der Waals surface area contributed by atoms with Crippen LogP contribution in [0.25, 0.3) is 22.2 Å². The number of carbonyl (C=O) groups is 1. The van der Waals surface area contributed by atoms with E-state index in [0.29, 0.717) is 22.9 Å². The Morgan fingerprint density at radius 3 is 2.36 bits per heavy atom. The molecule has 1 amide bonds. The van der Waals surface area contributed by atoms with Crippen molar-refractivity contribution < 1.29 is 9.53 Å². The molecular formula is C33H28BrClN2O2. The second-order valence-electron chi connectivity index (χ2n) is 9.77. The molecule has 39 heavy (non-hydrogen) atoms. The smallest absolute Gasteiger partial charge is 0.256 e. The first-order valence-corrected chi connectivity index (χ1v) is 13.8. The van der Waals surface area contributed by atoms with Crippen LogP contribution in [0.5, 0.6) is 5.75 Å². The highest BCUT2D eigenvalue weighted by atomic mass is 79.9. The van der Waals surface area contributed by atoms with Crippen molar-refractivity contribution in [2.24, 2.45) is 0 Å². The van der Waals surface area contributed by atoms with Crippen molar-refractivity contribution in [3.8, 4) is 17.0 Å². The molecule has 0 aliphatic heterocycles. The average Bonchev–Trinajstić information content (AvgIpc) is 2.91. The molecule has 0 fully saturated rings. The van der Waals surface area contributed by atoms with Crippen LogP contribution in [0.4, 0.5) is 5.69 Å². The van der Waals surface area contributed by atoms with Crippen molar-refractivity contribution in [3.63, 3.8) is 0 Å². The normalized spacial score (nSPS) is 11.0. The van der Waals surface area contributed by atoms with E-state index in [2.05, 4.69) is 27.3 Å². The minimum Gasteiger partial charge on any atom is -0.489 e. The molecule has 0 radical (unpaired) electrons. The Morgan fingerprint density at radius 1 is 0.923 bits per heavy atom. The van der Waals surface area contributed by atoms with Crippen LogP contribution in [0, 0.1) is 27.7 Å². The van der Waals surface area contributed by atoms with E-state index in [9.17, 15) is 4.79 Å². The van der Waals surface area contributed by atoms with Gasteiger partial charge < -0.3 is 10.1 Å². The lowest BCUT2D eigenvalue weighted by molar-refractivity contribution is 0.102. The van der Waals surface area contributed by atoms with Crippen LogP contribution in [-0.4, -0.2) is 10.9 Å². The number of benzene rings is 4. The molecule has 1 heterocycles. The van der Waals surface area contributed by atoms with Gasteiger partial charge in [0.1, 0.15) is 12.4 Å². The summed E-state index contributed by atoms with van der Waals surface area (Å²) in [7, 11) is 0. The zero-order valence-electron chi connectivity index (χ0n) is 22.2. The van der Waals surface area contributed by atoms with E-state index >= 15 is 0 Å². The number of ether oxygens (including phenoxy) is 1. The van der Waals surface area contributed by atoms with E-state index in [1.165, 1.54) is 0 Å². The van der Waals surface area contributed by atoms with Crippen LogP contribution >= 0.6 is 27.5 Å². The third-order valence-electron chi connectivity index (χ3n) is 6.79. The van der Waals surface area contributed by atoms with Crippen molar-refractivity contribution in [1.29, 1.82) is 0 Å². The third kappa shape index (κ3) is 5.70. The molecule has 1 N–H and O–H groups in total. The quantitative estimate of drug-likeness (QED) is 0.212. The number of amides is 1. The van der Waals surface area contributed by atoms with Crippen molar-refractivity contribution in [1.82, 2.24) is 4.98 Å². The van der Waals surface area contributed by atoms with Crippen LogP contribution < -0.4 is 10.1 Å². The molecule has 0 saturated carbocycles. The number of fused-ring (bicyclic) bond motifs is 1. The van der Waals surface area contributed by atoms with E-state index in [-0.39, 0.29) is 5.91 Å². The van der Waals surface area contributed by atoms with Crippen LogP contribution in [-0.2, 0) is 6.61 Å². The van der Waals surface area contributed by atoms with Crippen LogP contribution in [0.15, 0.2) is 83.3 Å². The van der Waals surface area contributed by atoms with Crippen molar-refractivity contribution >= 4 is 50.0 Å². The van der Waals surface area contributed by atoms with E-state index in [0.717, 1.165) is 60.2 Å². The van der Waals surface area contributed by atoms with Gasteiger partial charge in [-0.25, -0.2) is 4.98 Å². The number of anilines is 1. The molecule has 0 aliphatic carbocycles. The average molecular weight is 600 g/mol. The van der Waals surface area contributed by atoms with Gasteiger partial charge in [0, 0.05) is 21.1 Å². The highest BCUT2D eigenvalue weighted by Crippen LogP contribution is 2.34. The van der Waals surface area contributed by atoms with Gasteiger partial charge in [-0.15, -0.1) is 0 Å². The van der Waals surface area contributed by atoms with Crippen LogP contribution in [0.2, 0.25) is 5.02 Å². The number of halogens is 2. The number of hydrogen-bond acceptors (Lipinski definition) is 3. The first-order chi connectivity index (χ1) is 18.7. The minimum atomic E-state index is -0.199. The maximum absolute atomic E-state index is 13.9. The fourth-order valence-electron chi connectivity index (χ4n) is 4.80. The summed E-state index contributed by atoms with van der Waals surface area (Å²) in [5, 5.41) is 4.46. The van der Waals surface area contributed by atoms with Crippen molar-refractivity contribution in [3.05, 3.63) is 122 Å². The molecular weight excluding hydrogens is 572 g/mol. The predicted octanol–water partition coefficient (Wildman–Crippen LogP) is 9.38. The Labute approximate surface area is 242 Å². The van der Waals surface area contributed by atoms with Crippen molar-refractivity contribution in [2.75, 3.05) is 5.32 Å². The van der Waals surface area contributed by atoms with Gasteiger partial charge in [-0.3, -0.25) is 4.79 Å². The molecule has 0 spiro atoms. The lowest BCUT2D eigenvalue weighted by atomic mass is 9.94. The molecule has 196 valence electrons. The number of pyridine rings is 1. The van der Waals surface area contributed by atoms with E-state index in [4.69, 9.17) is 21.3 Å². The summed E-state index contributed by atoms with van der Waals surface area (Å²) < 4.78 is 6.76. The maximum Gasteiger partial charge on any atom is 0.256 e. The van der Waals surface area contributed by atoms with Gasteiger partial charge in [0.2, 0.25) is 0 Å². The largest absolute Gasteiger partial charge is 0.489 e. The second-order valence-corrected chi connectivity index (χ2v) is 11.0. The van der Waals surface area contributed by atoms with Gasteiger partial charge in [-0.2, -0.15) is 0 Å². The summed E-state index contributed by atoms with van der Waals surface area (Å²) in [6.07, 6.45) is 0. The minimum absolute atomic E-state index is 0.199. The molecule has 0 atom stereocenters. The van der Waals surface area contributed by atoms with E-state index < -0.39 is 0 Å². The molecule has 0 bridgehead atoms. The molecule has 1 aromatic heterocycles. The number of nitrogens with zero attached hydrogens (tertiary/aromatic N) is 1. The fourth-order valence-corrected chi connectivity index (χ4v) is 5.43. The Bertz CT molecular complexity index is 1700. The lowest BCUT2D eigenvalue weighted by Gasteiger charge is -2.18. The Kier molecular flexibility index (Phi) is 7.74. The lowest BCUT2D eigenvalue weighted by Crippen LogP contribution is -2.16. The monoisotopic (exact) mass is 598 g/mol. The van der Waals surface area contributed by atoms with Gasteiger partial charge in [0.25, 0.3) is 5.91 Å². The van der Waals surface area contributed by atoms with Gasteiger partial charge in [-0.05, 0) is 108 Å². The summed E-state index contributed by atoms with van der Waals surface area (Å²) in [4.78, 5) is 18.9. The summed E-state index contributed by atoms with van der Waals surface area (Å²) in [6, 6.07) is 25.7. The number of carbonyl (C=O) groups excluding carboxylic acids is 1. The van der Waals surface area contributed by atoms with Gasteiger partial charge in [0.05, 0.1) is 21.8 Å². The first-order valence-electron chi connectivity index (χ1n) is 12.7. The number of rotatable bonds is 6.